The molecule has 2 aromatic rings. The van der Waals surface area contributed by atoms with E-state index >= 15 is 0 Å². The van der Waals surface area contributed by atoms with Crippen LogP contribution in [-0.2, 0) is 0 Å². The Morgan fingerprint density at radius 1 is 1.52 bits per heavy atom. The van der Waals surface area contributed by atoms with Gasteiger partial charge in [0.1, 0.15) is 12.2 Å². The molecule has 1 aromatic heterocycles. The first kappa shape index (κ1) is 14.8. The molecule has 1 amide bonds. The highest BCUT2D eigenvalue weighted by Gasteiger charge is 2.13. The highest BCUT2D eigenvalue weighted by molar-refractivity contribution is 5.94. The van der Waals surface area contributed by atoms with Gasteiger partial charge in [0.05, 0.1) is 12.6 Å². The van der Waals surface area contributed by atoms with Crippen LogP contribution in [0.25, 0.3) is 0 Å². The summed E-state index contributed by atoms with van der Waals surface area (Å²) >= 11 is 0. The van der Waals surface area contributed by atoms with Crippen LogP contribution in [0.2, 0.25) is 0 Å². The minimum absolute atomic E-state index is 0.166. The van der Waals surface area contributed by atoms with Crippen molar-refractivity contribution in [1.82, 2.24) is 20.5 Å². The summed E-state index contributed by atoms with van der Waals surface area (Å²) in [6.45, 7) is 4.07. The van der Waals surface area contributed by atoms with Gasteiger partial charge in [-0.1, -0.05) is 11.8 Å². The van der Waals surface area contributed by atoms with E-state index in [1.54, 1.807) is 6.07 Å². The number of amides is 1. The molecule has 0 saturated heterocycles. The normalized spacial score (nSPS) is 11.4. The van der Waals surface area contributed by atoms with Gasteiger partial charge in [0.25, 0.3) is 5.91 Å². The average molecular weight is 283 g/mol. The van der Waals surface area contributed by atoms with Crippen molar-refractivity contribution in [3.63, 3.8) is 0 Å². The minimum Gasteiger partial charge on any atom is -0.342 e. The molecule has 1 heterocycles. The van der Waals surface area contributed by atoms with Crippen LogP contribution < -0.4 is 11.1 Å². The Hall–Kier alpha value is -2.65. The highest BCUT2D eigenvalue weighted by Crippen LogP contribution is 2.12. The molecule has 108 valence electrons. The molecule has 0 aliphatic rings. The maximum Gasteiger partial charge on any atom is 0.251 e. The number of nitrogens with two attached hydrogens (primary N) is 1. The first-order chi connectivity index (χ1) is 10.1. The van der Waals surface area contributed by atoms with E-state index in [9.17, 15) is 4.79 Å². The number of H-pyrrole nitrogens is 1. The van der Waals surface area contributed by atoms with E-state index in [1.165, 1.54) is 6.33 Å². The van der Waals surface area contributed by atoms with E-state index in [2.05, 4.69) is 32.3 Å². The maximum absolute atomic E-state index is 12.2. The number of rotatable bonds is 3. The first-order valence-corrected chi connectivity index (χ1v) is 6.57. The zero-order chi connectivity index (χ0) is 15.2. The number of aryl methyl sites for hydroxylation is 1. The van der Waals surface area contributed by atoms with Crippen LogP contribution in [0.3, 0.4) is 0 Å². The molecule has 4 N–H and O–H groups in total. The number of nitrogens with one attached hydrogen (secondary N) is 2. The number of aromatic amines is 1. The van der Waals surface area contributed by atoms with Crippen molar-refractivity contribution in [2.75, 3.05) is 6.54 Å². The highest BCUT2D eigenvalue weighted by atomic mass is 16.1. The summed E-state index contributed by atoms with van der Waals surface area (Å²) in [4.78, 5) is 16.2. The van der Waals surface area contributed by atoms with Crippen LogP contribution in [0.4, 0.5) is 0 Å². The van der Waals surface area contributed by atoms with E-state index in [0.29, 0.717) is 17.9 Å². The Labute approximate surface area is 123 Å². The van der Waals surface area contributed by atoms with Crippen molar-refractivity contribution in [3.8, 4) is 11.8 Å². The number of carbonyl (C=O) groups is 1. The molecule has 0 saturated carbocycles. The van der Waals surface area contributed by atoms with Crippen LogP contribution in [0.15, 0.2) is 24.5 Å². The number of benzene rings is 1. The lowest BCUT2D eigenvalue weighted by atomic mass is 10.0. The summed E-state index contributed by atoms with van der Waals surface area (Å²) in [5.74, 6) is 6.22. The Bertz CT molecular complexity index is 682. The second-order valence-corrected chi connectivity index (χ2v) is 4.60. The van der Waals surface area contributed by atoms with Gasteiger partial charge in [-0.3, -0.25) is 9.89 Å². The molecular weight excluding hydrogens is 266 g/mol. The Kier molecular flexibility index (Phi) is 4.69. The topological polar surface area (TPSA) is 96.7 Å². The van der Waals surface area contributed by atoms with Crippen LogP contribution >= 0.6 is 0 Å². The molecule has 0 bridgehead atoms. The number of hydrogen-bond donors (Lipinski definition) is 3. The van der Waals surface area contributed by atoms with Crippen molar-refractivity contribution >= 4 is 5.91 Å². The summed E-state index contributed by atoms with van der Waals surface area (Å²) in [5.41, 5.74) is 7.75. The van der Waals surface area contributed by atoms with E-state index < -0.39 is 0 Å². The second-order valence-electron chi connectivity index (χ2n) is 4.60. The fourth-order valence-corrected chi connectivity index (χ4v) is 1.86. The monoisotopic (exact) mass is 283 g/mol. The number of carbonyl (C=O) groups excluding carboxylic acids is 1. The lowest BCUT2D eigenvalue weighted by Crippen LogP contribution is -2.27. The molecule has 0 radical (unpaired) electrons. The van der Waals surface area contributed by atoms with Crippen LogP contribution in [0, 0.1) is 18.8 Å². The molecule has 2 rings (SSSR count). The summed E-state index contributed by atoms with van der Waals surface area (Å²) in [6.07, 6.45) is 1.41. The fraction of sp³-hybridized carbons (Fsp3) is 0.267. The average Bonchev–Trinajstić information content (AvgIpc) is 3.00. The van der Waals surface area contributed by atoms with Crippen LogP contribution in [0.1, 0.15) is 40.3 Å². The zero-order valence-electron chi connectivity index (χ0n) is 12.0. The number of hydrogen-bond acceptors (Lipinski definition) is 4. The van der Waals surface area contributed by atoms with Gasteiger partial charge < -0.3 is 11.1 Å². The summed E-state index contributed by atoms with van der Waals surface area (Å²) < 4.78 is 0. The largest absolute Gasteiger partial charge is 0.342 e. The van der Waals surface area contributed by atoms with Gasteiger partial charge in [-0.2, -0.15) is 5.10 Å². The Morgan fingerprint density at radius 2 is 2.33 bits per heavy atom. The van der Waals surface area contributed by atoms with E-state index in [4.69, 9.17) is 5.73 Å². The predicted molar refractivity (Wildman–Crippen MR) is 79.4 cm³/mol. The molecule has 0 aliphatic heterocycles. The molecule has 21 heavy (non-hydrogen) atoms. The number of nitrogens with zero attached hydrogens (tertiary/aromatic N) is 2. The van der Waals surface area contributed by atoms with Crippen molar-refractivity contribution in [1.29, 1.82) is 0 Å². The van der Waals surface area contributed by atoms with Crippen molar-refractivity contribution in [3.05, 3.63) is 47.0 Å². The lowest BCUT2D eigenvalue weighted by molar-refractivity contribution is 0.0938. The molecule has 6 nitrogen and oxygen atoms in total. The molecule has 1 aromatic carbocycles. The second kappa shape index (κ2) is 6.68. The number of aromatic nitrogens is 3. The third-order valence-corrected chi connectivity index (χ3v) is 3.01. The standard InChI is InChI=1S/C15H17N5O/c1-10-8-13(6-5-12(10)4-3-7-16)15(21)19-11(2)14-17-9-18-20-14/h5-6,8-9,11H,7,16H2,1-2H3,(H,19,21)(H,17,18,20). The third kappa shape index (κ3) is 3.68. The predicted octanol–water partition coefficient (Wildman–Crippen LogP) is 0.914. The molecule has 0 aliphatic carbocycles. The Balaban J connectivity index is 2.11. The molecular formula is C15H17N5O. The van der Waals surface area contributed by atoms with Gasteiger partial charge in [-0.25, -0.2) is 4.98 Å². The summed E-state index contributed by atoms with van der Waals surface area (Å²) in [6, 6.07) is 5.14. The lowest BCUT2D eigenvalue weighted by Gasteiger charge is -2.11. The smallest absolute Gasteiger partial charge is 0.251 e. The quantitative estimate of drug-likeness (QED) is 0.730. The van der Waals surface area contributed by atoms with E-state index in [0.717, 1.165) is 11.1 Å². The van der Waals surface area contributed by atoms with E-state index in [-0.39, 0.29) is 11.9 Å². The summed E-state index contributed by atoms with van der Waals surface area (Å²) in [5, 5.41) is 9.36. The molecule has 0 spiro atoms. The zero-order valence-corrected chi connectivity index (χ0v) is 12.0. The maximum atomic E-state index is 12.2. The van der Waals surface area contributed by atoms with Crippen LogP contribution in [-0.4, -0.2) is 27.6 Å². The Morgan fingerprint density at radius 3 is 2.95 bits per heavy atom. The van der Waals surface area contributed by atoms with Crippen molar-refractivity contribution in [2.45, 2.75) is 19.9 Å². The first-order valence-electron chi connectivity index (χ1n) is 6.57. The molecule has 1 atom stereocenters. The van der Waals surface area contributed by atoms with Gasteiger partial charge in [0.2, 0.25) is 0 Å². The molecule has 6 heteroatoms. The molecule has 0 fully saturated rings. The van der Waals surface area contributed by atoms with Gasteiger partial charge >= 0.3 is 0 Å². The fourth-order valence-electron chi connectivity index (χ4n) is 1.86. The van der Waals surface area contributed by atoms with Gasteiger partial charge in [-0.15, -0.1) is 0 Å². The van der Waals surface area contributed by atoms with Gasteiger partial charge in [-0.05, 0) is 37.6 Å². The van der Waals surface area contributed by atoms with E-state index in [1.807, 2.05) is 26.0 Å². The van der Waals surface area contributed by atoms with Gasteiger partial charge in [0.15, 0.2) is 0 Å². The third-order valence-electron chi connectivity index (χ3n) is 3.01. The SMILES string of the molecule is Cc1cc(C(=O)NC(C)c2ncn[nH]2)ccc1C#CCN. The molecule has 1 unspecified atom stereocenters. The minimum atomic E-state index is -0.239. The van der Waals surface area contributed by atoms with Crippen LogP contribution in [0.5, 0.6) is 0 Å². The summed E-state index contributed by atoms with van der Waals surface area (Å²) in [7, 11) is 0. The van der Waals surface area contributed by atoms with Crippen molar-refractivity contribution < 1.29 is 4.79 Å². The van der Waals surface area contributed by atoms with Gasteiger partial charge in [0, 0.05) is 11.1 Å². The van der Waals surface area contributed by atoms with Crippen molar-refractivity contribution in [2.24, 2.45) is 5.73 Å².